The average Bonchev–Trinajstić information content (AvgIpc) is 2.72. The van der Waals surface area contributed by atoms with E-state index < -0.39 is 0 Å². The second-order valence-electron chi connectivity index (χ2n) is 3.12. The van der Waals surface area contributed by atoms with E-state index in [4.69, 9.17) is 5.73 Å². The van der Waals surface area contributed by atoms with Gasteiger partial charge < -0.3 is 10.1 Å². The third-order valence-electron chi connectivity index (χ3n) is 2.17. The minimum absolute atomic E-state index is 0.896. The number of aliphatic imine (C=N–C) groups is 1. The van der Waals surface area contributed by atoms with Gasteiger partial charge in [-0.3, -0.25) is 4.99 Å². The Kier molecular flexibility index (Phi) is 2.49. The summed E-state index contributed by atoms with van der Waals surface area (Å²) in [4.78, 5) is 8.12. The molecule has 2 N–H and O–H groups in total. The van der Waals surface area contributed by atoms with Crippen molar-refractivity contribution in [1.82, 2.24) is 9.38 Å². The molecule has 0 fully saturated rings. The Bertz CT molecular complexity index is 522. The van der Waals surface area contributed by atoms with E-state index in [1.54, 1.807) is 25.7 Å². The van der Waals surface area contributed by atoms with Crippen LogP contribution in [0.25, 0.3) is 11.2 Å². The molecule has 0 amide bonds. The van der Waals surface area contributed by atoms with Gasteiger partial charge in [-0.1, -0.05) is 0 Å². The van der Waals surface area contributed by atoms with Crippen molar-refractivity contribution >= 4 is 17.4 Å². The summed E-state index contributed by atoms with van der Waals surface area (Å²) in [5.74, 6) is 0. The van der Waals surface area contributed by atoms with Gasteiger partial charge in [-0.2, -0.15) is 0 Å². The molecule has 0 aliphatic heterocycles. The SMILES string of the molecule is CN=C/C(=C\N)c1ccc2nccn2c1. The molecule has 0 saturated heterocycles. The molecular weight excluding hydrogens is 188 g/mol. The average molecular weight is 200 g/mol. The van der Waals surface area contributed by atoms with E-state index in [1.807, 2.05) is 28.9 Å². The maximum Gasteiger partial charge on any atom is 0.136 e. The summed E-state index contributed by atoms with van der Waals surface area (Å²) in [7, 11) is 1.72. The monoisotopic (exact) mass is 200 g/mol. The van der Waals surface area contributed by atoms with E-state index in [0.717, 1.165) is 16.8 Å². The Morgan fingerprint density at radius 1 is 1.53 bits per heavy atom. The van der Waals surface area contributed by atoms with E-state index >= 15 is 0 Å². The minimum Gasteiger partial charge on any atom is -0.404 e. The third kappa shape index (κ3) is 1.74. The minimum atomic E-state index is 0.896. The van der Waals surface area contributed by atoms with Crippen LogP contribution in [-0.4, -0.2) is 22.6 Å². The zero-order chi connectivity index (χ0) is 10.7. The molecule has 4 nitrogen and oxygen atoms in total. The van der Waals surface area contributed by atoms with E-state index in [2.05, 4.69) is 9.98 Å². The molecule has 0 aliphatic carbocycles. The molecule has 0 aromatic carbocycles. The summed E-state index contributed by atoms with van der Waals surface area (Å²) in [6.07, 6.45) is 8.92. The molecule has 2 aromatic heterocycles. The number of nitrogens with zero attached hydrogens (tertiary/aromatic N) is 3. The first kappa shape index (κ1) is 9.45. The van der Waals surface area contributed by atoms with Crippen molar-refractivity contribution in [2.75, 3.05) is 7.05 Å². The van der Waals surface area contributed by atoms with Crippen LogP contribution in [0.1, 0.15) is 5.56 Å². The van der Waals surface area contributed by atoms with Crippen molar-refractivity contribution in [3.05, 3.63) is 42.5 Å². The molecule has 0 bridgehead atoms. The van der Waals surface area contributed by atoms with Gasteiger partial charge >= 0.3 is 0 Å². The van der Waals surface area contributed by atoms with Crippen LogP contribution in [0, 0.1) is 0 Å². The van der Waals surface area contributed by atoms with Crippen LogP contribution < -0.4 is 5.73 Å². The van der Waals surface area contributed by atoms with Crippen LogP contribution in [0.3, 0.4) is 0 Å². The van der Waals surface area contributed by atoms with Crippen molar-refractivity contribution in [3.63, 3.8) is 0 Å². The normalized spacial score (nSPS) is 12.7. The molecular formula is C11H12N4. The molecule has 0 saturated carbocycles. The fourth-order valence-electron chi connectivity index (χ4n) is 1.44. The number of allylic oxidation sites excluding steroid dienone is 1. The van der Waals surface area contributed by atoms with Gasteiger partial charge in [0.15, 0.2) is 0 Å². The number of hydrogen-bond donors (Lipinski definition) is 1. The Balaban J connectivity index is 2.51. The Labute approximate surface area is 87.8 Å². The van der Waals surface area contributed by atoms with E-state index in [9.17, 15) is 0 Å². The van der Waals surface area contributed by atoms with Crippen molar-refractivity contribution in [2.45, 2.75) is 0 Å². The van der Waals surface area contributed by atoms with Crippen LogP contribution >= 0.6 is 0 Å². The highest BCUT2D eigenvalue weighted by Gasteiger charge is 2.00. The predicted molar refractivity (Wildman–Crippen MR) is 61.8 cm³/mol. The highest BCUT2D eigenvalue weighted by molar-refractivity contribution is 6.09. The van der Waals surface area contributed by atoms with E-state index in [1.165, 1.54) is 0 Å². The summed E-state index contributed by atoms with van der Waals surface area (Å²) in [6.45, 7) is 0. The quantitative estimate of drug-likeness (QED) is 0.743. The number of pyridine rings is 1. The molecule has 0 atom stereocenters. The summed E-state index contributed by atoms with van der Waals surface area (Å²) < 4.78 is 1.95. The van der Waals surface area contributed by atoms with Gasteiger partial charge in [-0.15, -0.1) is 0 Å². The number of fused-ring (bicyclic) bond motifs is 1. The summed E-state index contributed by atoms with van der Waals surface area (Å²) in [5.41, 5.74) is 8.37. The molecule has 2 aromatic rings. The van der Waals surface area contributed by atoms with Crippen molar-refractivity contribution in [3.8, 4) is 0 Å². The van der Waals surface area contributed by atoms with Crippen LogP contribution in [0.2, 0.25) is 0 Å². The highest BCUT2D eigenvalue weighted by Crippen LogP contribution is 2.12. The zero-order valence-electron chi connectivity index (χ0n) is 8.46. The molecule has 2 rings (SSSR count). The van der Waals surface area contributed by atoms with Crippen LogP contribution in [0.15, 0.2) is 41.9 Å². The fourth-order valence-corrected chi connectivity index (χ4v) is 1.44. The van der Waals surface area contributed by atoms with Crippen molar-refractivity contribution in [1.29, 1.82) is 0 Å². The molecule has 0 unspecified atom stereocenters. The van der Waals surface area contributed by atoms with Crippen LogP contribution in [-0.2, 0) is 0 Å². The van der Waals surface area contributed by atoms with Crippen molar-refractivity contribution < 1.29 is 0 Å². The lowest BCUT2D eigenvalue weighted by atomic mass is 10.1. The van der Waals surface area contributed by atoms with Crippen LogP contribution in [0.4, 0.5) is 0 Å². The van der Waals surface area contributed by atoms with Gasteiger partial charge in [0.1, 0.15) is 5.65 Å². The molecule has 0 radical (unpaired) electrons. The standard InChI is InChI=1S/C11H12N4/c1-13-7-10(6-12)9-2-3-11-14-4-5-15(11)8-9/h2-8H,12H2,1H3/b10-6+,13-7?. The largest absolute Gasteiger partial charge is 0.404 e. The number of rotatable bonds is 2. The van der Waals surface area contributed by atoms with Gasteiger partial charge in [0.05, 0.1) is 0 Å². The molecule has 76 valence electrons. The predicted octanol–water partition coefficient (Wildman–Crippen LogP) is 1.33. The van der Waals surface area contributed by atoms with Crippen LogP contribution in [0.5, 0.6) is 0 Å². The second kappa shape index (κ2) is 3.96. The van der Waals surface area contributed by atoms with Gasteiger partial charge in [0.2, 0.25) is 0 Å². The molecule has 15 heavy (non-hydrogen) atoms. The van der Waals surface area contributed by atoms with Crippen molar-refractivity contribution in [2.24, 2.45) is 10.7 Å². The van der Waals surface area contributed by atoms with E-state index in [0.29, 0.717) is 0 Å². The summed E-state index contributed by atoms with van der Waals surface area (Å²) >= 11 is 0. The summed E-state index contributed by atoms with van der Waals surface area (Å²) in [5, 5.41) is 0. The second-order valence-corrected chi connectivity index (χ2v) is 3.12. The lowest BCUT2D eigenvalue weighted by Crippen LogP contribution is -1.94. The maximum absolute atomic E-state index is 5.53. The first-order valence-electron chi connectivity index (χ1n) is 4.62. The molecule has 0 spiro atoms. The van der Waals surface area contributed by atoms with Gasteiger partial charge in [0.25, 0.3) is 0 Å². The van der Waals surface area contributed by atoms with Gasteiger partial charge in [-0.05, 0) is 12.1 Å². The third-order valence-corrected chi connectivity index (χ3v) is 2.17. The lowest BCUT2D eigenvalue weighted by molar-refractivity contribution is 1.18. The number of imidazole rings is 1. The number of hydrogen-bond acceptors (Lipinski definition) is 3. The topological polar surface area (TPSA) is 55.7 Å². The lowest BCUT2D eigenvalue weighted by Gasteiger charge is -2.01. The number of nitrogens with two attached hydrogens (primary N) is 1. The number of aromatic nitrogens is 2. The first-order valence-corrected chi connectivity index (χ1v) is 4.62. The Morgan fingerprint density at radius 3 is 3.13 bits per heavy atom. The highest BCUT2D eigenvalue weighted by atomic mass is 15.0. The van der Waals surface area contributed by atoms with Gasteiger partial charge in [0, 0.05) is 49.2 Å². The Hall–Kier alpha value is -2.10. The maximum atomic E-state index is 5.53. The molecule has 2 heterocycles. The van der Waals surface area contributed by atoms with Gasteiger partial charge in [-0.25, -0.2) is 4.98 Å². The fraction of sp³-hybridized carbons (Fsp3) is 0.0909. The smallest absolute Gasteiger partial charge is 0.136 e. The molecule has 0 aliphatic rings. The summed E-state index contributed by atoms with van der Waals surface area (Å²) in [6, 6.07) is 3.92. The first-order chi connectivity index (χ1) is 7.35. The molecule has 4 heteroatoms. The Morgan fingerprint density at radius 2 is 2.40 bits per heavy atom. The van der Waals surface area contributed by atoms with E-state index in [-0.39, 0.29) is 0 Å². The zero-order valence-corrected chi connectivity index (χ0v) is 8.46.